The van der Waals surface area contributed by atoms with Crippen molar-refractivity contribution in [2.24, 2.45) is 0 Å². The van der Waals surface area contributed by atoms with E-state index in [1.54, 1.807) is 0 Å². The van der Waals surface area contributed by atoms with E-state index in [4.69, 9.17) is 4.74 Å². The van der Waals surface area contributed by atoms with Crippen LogP contribution in [0.1, 0.15) is 19.5 Å². The molecule has 2 heterocycles. The van der Waals surface area contributed by atoms with E-state index in [1.807, 2.05) is 38.1 Å². The molecule has 0 N–H and O–H groups in total. The van der Waals surface area contributed by atoms with E-state index in [9.17, 15) is 0 Å². The molecule has 0 aliphatic carbocycles. The molecule has 0 unspecified atom stereocenters. The van der Waals surface area contributed by atoms with E-state index in [2.05, 4.69) is 40.7 Å². The molecule has 0 bridgehead atoms. The number of fused-ring (bicyclic) bond motifs is 1. The number of hydrogen-bond donors (Lipinski definition) is 0. The summed E-state index contributed by atoms with van der Waals surface area (Å²) in [6, 6.07) is 14.2. The van der Waals surface area contributed by atoms with Crippen molar-refractivity contribution in [2.45, 2.75) is 26.9 Å². The van der Waals surface area contributed by atoms with Crippen LogP contribution in [0, 0.1) is 6.92 Å². The molecule has 0 amide bonds. The third-order valence-corrected chi connectivity index (χ3v) is 3.22. The van der Waals surface area contributed by atoms with E-state index >= 15 is 0 Å². The van der Waals surface area contributed by atoms with Gasteiger partial charge in [0.25, 0.3) is 0 Å². The highest BCUT2D eigenvalue weighted by molar-refractivity contribution is 5.63. The zero-order valence-corrected chi connectivity index (χ0v) is 14.5. The van der Waals surface area contributed by atoms with Gasteiger partial charge in [0.05, 0.1) is 11.8 Å². The maximum Gasteiger partial charge on any atom is 0.137 e. The molecule has 1 aromatic carbocycles. The van der Waals surface area contributed by atoms with Gasteiger partial charge >= 0.3 is 0 Å². The smallest absolute Gasteiger partial charge is 0.137 e. The molecule has 21 heavy (non-hydrogen) atoms. The van der Waals surface area contributed by atoms with Gasteiger partial charge in [-0.05, 0) is 57.2 Å². The number of nitrogens with zero attached hydrogens (tertiary/aromatic N) is 2. The number of rotatable bonds is 3. The summed E-state index contributed by atoms with van der Waals surface area (Å²) in [5.41, 5.74) is 4.24. The van der Waals surface area contributed by atoms with Crippen molar-refractivity contribution in [3.05, 3.63) is 54.4 Å². The van der Waals surface area contributed by atoms with Gasteiger partial charge in [-0.1, -0.05) is 6.07 Å². The van der Waals surface area contributed by atoms with Gasteiger partial charge in [-0.2, -0.15) is 0 Å². The third-order valence-electron chi connectivity index (χ3n) is 3.22. The van der Waals surface area contributed by atoms with Crippen LogP contribution >= 0.6 is 0 Å². The lowest BCUT2D eigenvalue weighted by atomic mass is 10.1. The van der Waals surface area contributed by atoms with Crippen molar-refractivity contribution >= 4 is 5.65 Å². The Morgan fingerprint density at radius 2 is 1.76 bits per heavy atom. The molecule has 2 aromatic heterocycles. The average Bonchev–Trinajstić information content (AvgIpc) is 2.84. The van der Waals surface area contributed by atoms with Crippen molar-refractivity contribution in [1.29, 1.82) is 0 Å². The lowest BCUT2D eigenvalue weighted by molar-refractivity contribution is -0.00000552. The van der Waals surface area contributed by atoms with Gasteiger partial charge < -0.3 is 33.1 Å². The van der Waals surface area contributed by atoms with Crippen LogP contribution in [-0.4, -0.2) is 15.5 Å². The van der Waals surface area contributed by atoms with E-state index in [0.717, 1.165) is 22.7 Å². The predicted molar refractivity (Wildman–Crippen MR) is 81.1 cm³/mol. The summed E-state index contributed by atoms with van der Waals surface area (Å²) in [4.78, 5) is 4.66. The second-order valence-corrected chi connectivity index (χ2v) is 5.21. The largest absolute Gasteiger partial charge is 1.00 e. The molecule has 0 atom stereocenters. The summed E-state index contributed by atoms with van der Waals surface area (Å²) in [5, 5.41) is 0. The molecule has 0 radical (unpaired) electrons. The molecule has 0 aliphatic heterocycles. The number of halogens is 1. The molecular formula is C17H18IN2O-. The number of pyridine rings is 1. The highest BCUT2D eigenvalue weighted by Crippen LogP contribution is 2.23. The Kier molecular flexibility index (Phi) is 4.88. The lowest BCUT2D eigenvalue weighted by Crippen LogP contribution is -3.00. The monoisotopic (exact) mass is 393 g/mol. The normalized spacial score (nSPS) is 10.7. The van der Waals surface area contributed by atoms with Crippen molar-refractivity contribution in [3.63, 3.8) is 0 Å². The third kappa shape index (κ3) is 3.37. The van der Waals surface area contributed by atoms with Crippen molar-refractivity contribution in [3.8, 4) is 17.0 Å². The van der Waals surface area contributed by atoms with Crippen molar-refractivity contribution in [2.75, 3.05) is 0 Å². The molecule has 110 valence electrons. The quantitative estimate of drug-likeness (QED) is 0.624. The molecule has 0 aliphatic rings. The van der Waals surface area contributed by atoms with Crippen LogP contribution in [-0.2, 0) is 0 Å². The van der Waals surface area contributed by atoms with E-state index in [1.165, 1.54) is 5.69 Å². The summed E-state index contributed by atoms with van der Waals surface area (Å²) in [6.07, 6.45) is 2.27. The molecular weight excluding hydrogens is 375 g/mol. The van der Waals surface area contributed by atoms with Crippen LogP contribution in [0.5, 0.6) is 5.75 Å². The fourth-order valence-electron chi connectivity index (χ4n) is 2.26. The van der Waals surface area contributed by atoms with Gasteiger partial charge in [-0.3, -0.25) is 0 Å². The van der Waals surface area contributed by atoms with E-state index in [0.29, 0.717) is 0 Å². The van der Waals surface area contributed by atoms with Crippen LogP contribution in [0.4, 0.5) is 0 Å². The number of aryl methyl sites for hydroxylation is 1. The molecule has 0 saturated carbocycles. The number of imidazole rings is 1. The summed E-state index contributed by atoms with van der Waals surface area (Å²) in [6.45, 7) is 6.13. The number of hydrogen-bond acceptors (Lipinski definition) is 2. The van der Waals surface area contributed by atoms with Crippen molar-refractivity contribution < 1.29 is 28.7 Å². The van der Waals surface area contributed by atoms with Crippen LogP contribution in [0.25, 0.3) is 16.9 Å². The molecule has 0 spiro atoms. The fourth-order valence-corrected chi connectivity index (χ4v) is 2.26. The van der Waals surface area contributed by atoms with Gasteiger partial charge in [0, 0.05) is 17.5 Å². The summed E-state index contributed by atoms with van der Waals surface area (Å²) < 4.78 is 7.76. The number of benzene rings is 1. The molecule has 4 heteroatoms. The van der Waals surface area contributed by atoms with Crippen LogP contribution in [0.2, 0.25) is 0 Å². The summed E-state index contributed by atoms with van der Waals surface area (Å²) >= 11 is 0. The molecule has 3 nitrogen and oxygen atoms in total. The van der Waals surface area contributed by atoms with E-state index in [-0.39, 0.29) is 30.1 Å². The van der Waals surface area contributed by atoms with Gasteiger partial charge in [-0.25, -0.2) is 4.98 Å². The second kappa shape index (κ2) is 6.47. The number of ether oxygens (including phenoxy) is 1. The minimum Gasteiger partial charge on any atom is -1.00 e. The Morgan fingerprint density at radius 3 is 2.38 bits per heavy atom. The molecule has 0 saturated heterocycles. The minimum absolute atomic E-state index is 0. The minimum atomic E-state index is 0. The van der Waals surface area contributed by atoms with Gasteiger partial charge in [0.2, 0.25) is 0 Å². The van der Waals surface area contributed by atoms with Gasteiger partial charge in [0.15, 0.2) is 0 Å². The number of aromatic nitrogens is 2. The van der Waals surface area contributed by atoms with Crippen LogP contribution in [0.15, 0.2) is 48.7 Å². The maximum atomic E-state index is 5.66. The SMILES string of the molecule is Cc1cccc2nc(-c3ccc(OC(C)C)cc3)cn12.[I-]. The first-order valence-corrected chi connectivity index (χ1v) is 6.85. The van der Waals surface area contributed by atoms with Gasteiger partial charge in [0.1, 0.15) is 11.4 Å². The standard InChI is InChI=1S/C17H18N2O.HI/c1-12(2)20-15-9-7-14(8-10-15)16-11-19-13(3)5-4-6-17(19)18-16;/h4-12H,1-3H3;1H/p-1. The van der Waals surface area contributed by atoms with Gasteiger partial charge in [-0.15, -0.1) is 0 Å². The molecule has 0 fully saturated rings. The predicted octanol–water partition coefficient (Wildman–Crippen LogP) is 1.10. The summed E-state index contributed by atoms with van der Waals surface area (Å²) in [5.74, 6) is 0.892. The molecule has 3 rings (SSSR count). The van der Waals surface area contributed by atoms with Crippen molar-refractivity contribution in [1.82, 2.24) is 9.38 Å². The Morgan fingerprint density at radius 1 is 1.05 bits per heavy atom. The maximum absolute atomic E-state index is 5.66. The zero-order valence-electron chi connectivity index (χ0n) is 12.4. The highest BCUT2D eigenvalue weighted by atomic mass is 127. The van der Waals surface area contributed by atoms with Crippen LogP contribution < -0.4 is 28.7 Å². The Balaban J connectivity index is 0.00000161. The Bertz CT molecular complexity index is 732. The first-order valence-electron chi connectivity index (χ1n) is 6.85. The molecule has 3 aromatic rings. The fraction of sp³-hybridized carbons (Fsp3) is 0.235. The first kappa shape index (κ1) is 15.8. The van der Waals surface area contributed by atoms with E-state index < -0.39 is 0 Å². The van der Waals surface area contributed by atoms with Crippen LogP contribution in [0.3, 0.4) is 0 Å². The average molecular weight is 393 g/mol. The Hall–Kier alpha value is -1.56. The lowest BCUT2D eigenvalue weighted by Gasteiger charge is -2.09. The highest BCUT2D eigenvalue weighted by Gasteiger charge is 2.06. The topological polar surface area (TPSA) is 26.5 Å². The Labute approximate surface area is 142 Å². The first-order chi connectivity index (χ1) is 9.63. The second-order valence-electron chi connectivity index (χ2n) is 5.21. The zero-order chi connectivity index (χ0) is 14.1. The summed E-state index contributed by atoms with van der Waals surface area (Å²) in [7, 11) is 0.